The molecule has 11 heavy (non-hydrogen) atoms. The van der Waals surface area contributed by atoms with Crippen molar-refractivity contribution in [1.82, 2.24) is 5.32 Å². The van der Waals surface area contributed by atoms with Crippen LogP contribution in [0.3, 0.4) is 0 Å². The molecule has 0 saturated carbocycles. The van der Waals surface area contributed by atoms with Crippen molar-refractivity contribution >= 4 is 0 Å². The fourth-order valence-corrected chi connectivity index (χ4v) is 0.939. The van der Waals surface area contributed by atoms with Crippen LogP contribution in [0, 0.1) is 5.92 Å². The molecular formula is C10H21N. The second-order valence-electron chi connectivity index (χ2n) is 3.31. The molecule has 0 aliphatic carbocycles. The average Bonchev–Trinajstić information content (AvgIpc) is 1.96. The molecule has 0 amide bonds. The monoisotopic (exact) mass is 155 g/mol. The van der Waals surface area contributed by atoms with E-state index in [1.165, 1.54) is 12.8 Å². The van der Waals surface area contributed by atoms with Gasteiger partial charge in [0.15, 0.2) is 0 Å². The van der Waals surface area contributed by atoms with Crippen molar-refractivity contribution < 1.29 is 0 Å². The highest BCUT2D eigenvalue weighted by Gasteiger charge is 1.91. The minimum atomic E-state index is 0.846. The molecular weight excluding hydrogens is 134 g/mol. The van der Waals surface area contributed by atoms with E-state index < -0.39 is 0 Å². The van der Waals surface area contributed by atoms with Gasteiger partial charge >= 0.3 is 0 Å². The highest BCUT2D eigenvalue weighted by atomic mass is 14.8. The van der Waals surface area contributed by atoms with Gasteiger partial charge in [0.1, 0.15) is 0 Å². The van der Waals surface area contributed by atoms with E-state index in [0.29, 0.717) is 0 Å². The van der Waals surface area contributed by atoms with Crippen molar-refractivity contribution in [3.63, 3.8) is 0 Å². The molecule has 0 aromatic carbocycles. The number of rotatable bonds is 6. The lowest BCUT2D eigenvalue weighted by Crippen LogP contribution is -2.15. The second-order valence-corrected chi connectivity index (χ2v) is 3.31. The van der Waals surface area contributed by atoms with E-state index in [0.717, 1.165) is 19.0 Å². The lowest BCUT2D eigenvalue weighted by molar-refractivity contribution is 0.537. The van der Waals surface area contributed by atoms with Crippen LogP contribution in [0.2, 0.25) is 0 Å². The van der Waals surface area contributed by atoms with E-state index in [1.54, 1.807) is 0 Å². The van der Waals surface area contributed by atoms with Crippen LogP contribution in [-0.2, 0) is 0 Å². The van der Waals surface area contributed by atoms with Crippen LogP contribution >= 0.6 is 0 Å². The molecule has 0 heterocycles. The Morgan fingerprint density at radius 1 is 1.36 bits per heavy atom. The molecule has 0 unspecified atom stereocenters. The van der Waals surface area contributed by atoms with Gasteiger partial charge < -0.3 is 5.32 Å². The van der Waals surface area contributed by atoms with Crippen LogP contribution in [0.4, 0.5) is 0 Å². The quantitative estimate of drug-likeness (QED) is 0.459. The lowest BCUT2D eigenvalue weighted by Gasteiger charge is -2.03. The molecule has 0 aliphatic heterocycles. The Balaban J connectivity index is 2.91. The molecule has 0 aromatic heterocycles. The van der Waals surface area contributed by atoms with Crippen molar-refractivity contribution in [3.05, 3.63) is 12.2 Å². The van der Waals surface area contributed by atoms with Crippen LogP contribution in [0.5, 0.6) is 0 Å². The van der Waals surface area contributed by atoms with Crippen molar-refractivity contribution in [1.29, 1.82) is 0 Å². The molecule has 0 aromatic rings. The third kappa shape index (κ3) is 9.70. The summed E-state index contributed by atoms with van der Waals surface area (Å²) in [6.45, 7) is 8.77. The Morgan fingerprint density at radius 3 is 2.64 bits per heavy atom. The summed E-state index contributed by atoms with van der Waals surface area (Å²) in [6.07, 6.45) is 6.86. The summed E-state index contributed by atoms with van der Waals surface area (Å²) in [4.78, 5) is 0. The molecule has 0 fully saturated rings. The van der Waals surface area contributed by atoms with Crippen LogP contribution in [0.1, 0.15) is 33.6 Å². The first-order valence-corrected chi connectivity index (χ1v) is 4.59. The van der Waals surface area contributed by atoms with Gasteiger partial charge in [0, 0.05) is 6.54 Å². The smallest absolute Gasteiger partial charge is 0.0134 e. The largest absolute Gasteiger partial charge is 0.313 e. The summed E-state index contributed by atoms with van der Waals surface area (Å²) >= 11 is 0. The van der Waals surface area contributed by atoms with Gasteiger partial charge in [0.25, 0.3) is 0 Å². The van der Waals surface area contributed by atoms with E-state index >= 15 is 0 Å². The molecule has 0 aliphatic rings. The standard InChI is InChI=1S/C10H21N/c1-4-5-8-11-9-6-7-10(2)3/h4-5,10-11H,6-9H2,1-3H3/b5-4+. The molecule has 0 atom stereocenters. The Bertz CT molecular complexity index is 95.0. The summed E-state index contributed by atoms with van der Waals surface area (Å²) in [7, 11) is 0. The van der Waals surface area contributed by atoms with E-state index in [9.17, 15) is 0 Å². The van der Waals surface area contributed by atoms with Gasteiger partial charge in [-0.15, -0.1) is 0 Å². The highest BCUT2D eigenvalue weighted by Crippen LogP contribution is 2.01. The Kier molecular flexibility index (Phi) is 7.59. The fraction of sp³-hybridized carbons (Fsp3) is 0.800. The van der Waals surface area contributed by atoms with E-state index in [2.05, 4.69) is 38.2 Å². The second kappa shape index (κ2) is 7.80. The van der Waals surface area contributed by atoms with Crippen LogP contribution in [0.15, 0.2) is 12.2 Å². The first kappa shape index (κ1) is 10.7. The Labute approximate surface area is 70.9 Å². The van der Waals surface area contributed by atoms with Gasteiger partial charge in [-0.3, -0.25) is 0 Å². The summed E-state index contributed by atoms with van der Waals surface area (Å²) in [5.41, 5.74) is 0. The number of allylic oxidation sites excluding steroid dienone is 1. The average molecular weight is 155 g/mol. The SMILES string of the molecule is C/C=C/CNCCCC(C)C. The summed E-state index contributed by atoms with van der Waals surface area (Å²) in [5, 5.41) is 3.35. The van der Waals surface area contributed by atoms with Gasteiger partial charge in [-0.25, -0.2) is 0 Å². The molecule has 66 valence electrons. The molecule has 1 heteroatoms. The molecule has 1 nitrogen and oxygen atoms in total. The predicted octanol–water partition coefficient (Wildman–Crippen LogP) is 2.59. The van der Waals surface area contributed by atoms with Crippen molar-refractivity contribution in [2.75, 3.05) is 13.1 Å². The maximum atomic E-state index is 3.35. The predicted molar refractivity (Wildman–Crippen MR) is 51.8 cm³/mol. The van der Waals surface area contributed by atoms with Crippen LogP contribution in [0.25, 0.3) is 0 Å². The Hall–Kier alpha value is -0.300. The molecule has 0 radical (unpaired) electrons. The summed E-state index contributed by atoms with van der Waals surface area (Å²) < 4.78 is 0. The van der Waals surface area contributed by atoms with Gasteiger partial charge in [0.05, 0.1) is 0 Å². The van der Waals surface area contributed by atoms with Gasteiger partial charge in [-0.05, 0) is 32.2 Å². The highest BCUT2D eigenvalue weighted by molar-refractivity contribution is 4.78. The van der Waals surface area contributed by atoms with E-state index in [4.69, 9.17) is 0 Å². The maximum Gasteiger partial charge on any atom is 0.0134 e. The van der Waals surface area contributed by atoms with Gasteiger partial charge in [0.2, 0.25) is 0 Å². The van der Waals surface area contributed by atoms with Crippen molar-refractivity contribution in [2.24, 2.45) is 5.92 Å². The zero-order valence-electron chi connectivity index (χ0n) is 8.06. The van der Waals surface area contributed by atoms with Gasteiger partial charge in [-0.2, -0.15) is 0 Å². The summed E-state index contributed by atoms with van der Waals surface area (Å²) in [6, 6.07) is 0. The zero-order chi connectivity index (χ0) is 8.53. The van der Waals surface area contributed by atoms with Crippen molar-refractivity contribution in [3.8, 4) is 0 Å². The number of nitrogens with one attached hydrogen (secondary N) is 1. The fourth-order valence-electron chi connectivity index (χ4n) is 0.939. The summed E-state index contributed by atoms with van der Waals surface area (Å²) in [5.74, 6) is 0.846. The molecule has 1 N–H and O–H groups in total. The topological polar surface area (TPSA) is 12.0 Å². The molecule has 0 rings (SSSR count). The van der Waals surface area contributed by atoms with Gasteiger partial charge in [-0.1, -0.05) is 26.0 Å². The molecule has 0 saturated heterocycles. The number of hydrogen-bond acceptors (Lipinski definition) is 1. The third-order valence-electron chi connectivity index (χ3n) is 1.63. The molecule has 0 spiro atoms. The normalized spacial score (nSPS) is 11.6. The Morgan fingerprint density at radius 2 is 2.09 bits per heavy atom. The third-order valence-corrected chi connectivity index (χ3v) is 1.63. The first-order valence-electron chi connectivity index (χ1n) is 4.59. The number of hydrogen-bond donors (Lipinski definition) is 1. The van der Waals surface area contributed by atoms with Crippen molar-refractivity contribution in [2.45, 2.75) is 33.6 Å². The minimum absolute atomic E-state index is 0.846. The minimum Gasteiger partial charge on any atom is -0.313 e. The molecule has 0 bridgehead atoms. The maximum absolute atomic E-state index is 3.35. The first-order chi connectivity index (χ1) is 5.27. The van der Waals surface area contributed by atoms with E-state index in [1.807, 2.05) is 0 Å². The van der Waals surface area contributed by atoms with Crippen LogP contribution in [-0.4, -0.2) is 13.1 Å². The van der Waals surface area contributed by atoms with E-state index in [-0.39, 0.29) is 0 Å². The zero-order valence-corrected chi connectivity index (χ0v) is 8.06. The lowest BCUT2D eigenvalue weighted by atomic mass is 10.1. The van der Waals surface area contributed by atoms with Crippen LogP contribution < -0.4 is 5.32 Å².